The standard InChI is InChI=1S/C19H17N3O4/c1-12-11-17(22-26-12)21-19(24)13(2)25-18(23)10-9-15-8-7-14-5-3-4-6-16(14)20-15/h3-11,13H,1-2H3,(H,21,22,24)/b10-9+. The molecule has 0 aliphatic heterocycles. The number of hydrogen-bond acceptors (Lipinski definition) is 6. The van der Waals surface area contributed by atoms with Gasteiger partial charge in [0.05, 0.1) is 11.2 Å². The maximum Gasteiger partial charge on any atom is 0.331 e. The molecule has 3 rings (SSSR count). The Morgan fingerprint density at radius 3 is 2.81 bits per heavy atom. The van der Waals surface area contributed by atoms with Crippen LogP contribution in [0.5, 0.6) is 0 Å². The molecular weight excluding hydrogens is 334 g/mol. The van der Waals surface area contributed by atoms with Gasteiger partial charge in [0.25, 0.3) is 5.91 Å². The van der Waals surface area contributed by atoms with Crippen molar-refractivity contribution in [1.29, 1.82) is 0 Å². The average molecular weight is 351 g/mol. The third-order valence-corrected chi connectivity index (χ3v) is 3.55. The van der Waals surface area contributed by atoms with E-state index >= 15 is 0 Å². The van der Waals surface area contributed by atoms with Crippen molar-refractivity contribution < 1.29 is 18.8 Å². The normalized spacial score (nSPS) is 12.2. The summed E-state index contributed by atoms with van der Waals surface area (Å²) in [5.74, 6) is -0.301. The molecule has 2 heterocycles. The van der Waals surface area contributed by atoms with Gasteiger partial charge in [0.15, 0.2) is 11.9 Å². The lowest BCUT2D eigenvalue weighted by molar-refractivity contribution is -0.148. The summed E-state index contributed by atoms with van der Waals surface area (Å²) in [5.41, 5.74) is 1.45. The summed E-state index contributed by atoms with van der Waals surface area (Å²) >= 11 is 0. The average Bonchev–Trinajstić information content (AvgIpc) is 3.04. The fraction of sp³-hybridized carbons (Fsp3) is 0.158. The van der Waals surface area contributed by atoms with Crippen LogP contribution < -0.4 is 5.32 Å². The first-order valence-corrected chi connectivity index (χ1v) is 8.00. The summed E-state index contributed by atoms with van der Waals surface area (Å²) < 4.78 is 9.93. The van der Waals surface area contributed by atoms with Crippen LogP contribution in [0.1, 0.15) is 18.4 Å². The SMILES string of the molecule is Cc1cc(NC(=O)C(C)OC(=O)/C=C/c2ccc3ccccc3n2)no1. The highest BCUT2D eigenvalue weighted by Gasteiger charge is 2.18. The Bertz CT molecular complexity index is 978. The second-order valence-electron chi connectivity index (χ2n) is 5.65. The first-order chi connectivity index (χ1) is 12.5. The highest BCUT2D eigenvalue weighted by molar-refractivity contribution is 5.96. The Kier molecular flexibility index (Phi) is 5.07. The van der Waals surface area contributed by atoms with Crippen LogP contribution in [0, 0.1) is 6.92 Å². The van der Waals surface area contributed by atoms with Crippen LogP contribution in [0.15, 0.2) is 53.1 Å². The number of aryl methyl sites for hydroxylation is 1. The Morgan fingerprint density at radius 1 is 1.23 bits per heavy atom. The number of nitrogens with one attached hydrogen (secondary N) is 1. The lowest BCUT2D eigenvalue weighted by Crippen LogP contribution is -2.29. The summed E-state index contributed by atoms with van der Waals surface area (Å²) in [7, 11) is 0. The summed E-state index contributed by atoms with van der Waals surface area (Å²) in [6.07, 6.45) is 1.80. The summed E-state index contributed by atoms with van der Waals surface area (Å²) in [5, 5.41) is 7.17. The number of pyridine rings is 1. The molecule has 1 N–H and O–H groups in total. The number of anilines is 1. The Morgan fingerprint density at radius 2 is 2.04 bits per heavy atom. The molecule has 132 valence electrons. The molecule has 0 spiro atoms. The molecule has 1 amide bonds. The lowest BCUT2D eigenvalue weighted by Gasteiger charge is -2.10. The second-order valence-corrected chi connectivity index (χ2v) is 5.65. The van der Waals surface area contributed by atoms with Crippen molar-refractivity contribution in [3.8, 4) is 0 Å². The van der Waals surface area contributed by atoms with Crippen molar-refractivity contribution in [3.63, 3.8) is 0 Å². The van der Waals surface area contributed by atoms with Crippen LogP contribution in [-0.4, -0.2) is 28.1 Å². The molecule has 0 saturated carbocycles. The highest BCUT2D eigenvalue weighted by Crippen LogP contribution is 2.13. The van der Waals surface area contributed by atoms with Gasteiger partial charge in [-0.05, 0) is 32.1 Å². The number of amides is 1. The first kappa shape index (κ1) is 17.3. The van der Waals surface area contributed by atoms with E-state index in [9.17, 15) is 9.59 Å². The Labute approximate surface area is 149 Å². The number of fused-ring (bicyclic) bond motifs is 1. The van der Waals surface area contributed by atoms with Crippen molar-refractivity contribution in [2.45, 2.75) is 20.0 Å². The van der Waals surface area contributed by atoms with E-state index < -0.39 is 18.0 Å². The van der Waals surface area contributed by atoms with Gasteiger partial charge in [-0.2, -0.15) is 0 Å². The summed E-state index contributed by atoms with van der Waals surface area (Å²) in [4.78, 5) is 28.3. The van der Waals surface area contributed by atoms with Crippen LogP contribution in [0.25, 0.3) is 17.0 Å². The maximum absolute atomic E-state index is 12.0. The number of esters is 1. The van der Waals surface area contributed by atoms with E-state index in [2.05, 4.69) is 15.5 Å². The lowest BCUT2D eigenvalue weighted by atomic mass is 10.2. The predicted molar refractivity (Wildman–Crippen MR) is 96.2 cm³/mol. The largest absolute Gasteiger partial charge is 0.449 e. The molecule has 0 aliphatic rings. The molecule has 0 saturated heterocycles. The number of aromatic nitrogens is 2. The van der Waals surface area contributed by atoms with E-state index in [1.165, 1.54) is 13.0 Å². The monoisotopic (exact) mass is 351 g/mol. The van der Waals surface area contributed by atoms with Gasteiger partial charge in [-0.3, -0.25) is 4.79 Å². The molecular formula is C19H17N3O4. The minimum Gasteiger partial charge on any atom is -0.449 e. The first-order valence-electron chi connectivity index (χ1n) is 8.00. The van der Waals surface area contributed by atoms with Crippen molar-refractivity contribution in [2.24, 2.45) is 0 Å². The van der Waals surface area contributed by atoms with Gasteiger partial charge in [-0.25, -0.2) is 9.78 Å². The molecule has 7 nitrogen and oxygen atoms in total. The molecule has 0 bridgehead atoms. The van der Waals surface area contributed by atoms with Crippen LogP contribution in [-0.2, 0) is 14.3 Å². The molecule has 0 fully saturated rings. The third kappa shape index (κ3) is 4.32. The molecule has 1 unspecified atom stereocenters. The second kappa shape index (κ2) is 7.60. The molecule has 0 aliphatic carbocycles. The molecule has 1 aromatic carbocycles. The fourth-order valence-electron chi connectivity index (χ4n) is 2.25. The molecule has 0 radical (unpaired) electrons. The van der Waals surface area contributed by atoms with Crippen molar-refractivity contribution in [3.05, 3.63) is 60.0 Å². The van der Waals surface area contributed by atoms with E-state index in [1.807, 2.05) is 30.3 Å². The van der Waals surface area contributed by atoms with E-state index in [0.29, 0.717) is 11.5 Å². The zero-order chi connectivity index (χ0) is 18.5. The van der Waals surface area contributed by atoms with Gasteiger partial charge in [0.2, 0.25) is 0 Å². The quantitative estimate of drug-likeness (QED) is 0.561. The van der Waals surface area contributed by atoms with E-state index in [-0.39, 0.29) is 5.82 Å². The Hall–Kier alpha value is -3.48. The van der Waals surface area contributed by atoms with Gasteiger partial charge in [0.1, 0.15) is 5.76 Å². The number of hydrogen-bond donors (Lipinski definition) is 1. The van der Waals surface area contributed by atoms with Crippen LogP contribution in [0.3, 0.4) is 0 Å². The van der Waals surface area contributed by atoms with E-state index in [0.717, 1.165) is 10.9 Å². The third-order valence-electron chi connectivity index (χ3n) is 3.55. The number of carbonyl (C=O) groups is 2. The number of para-hydroxylation sites is 1. The molecule has 2 aromatic heterocycles. The minimum atomic E-state index is -0.978. The van der Waals surface area contributed by atoms with Gasteiger partial charge in [0, 0.05) is 17.5 Å². The fourth-order valence-corrected chi connectivity index (χ4v) is 2.25. The molecule has 3 aromatic rings. The maximum atomic E-state index is 12.0. The summed E-state index contributed by atoms with van der Waals surface area (Å²) in [6, 6.07) is 13.0. The highest BCUT2D eigenvalue weighted by atomic mass is 16.5. The van der Waals surface area contributed by atoms with E-state index in [1.54, 1.807) is 25.1 Å². The van der Waals surface area contributed by atoms with Gasteiger partial charge < -0.3 is 14.6 Å². The molecule has 1 atom stereocenters. The predicted octanol–water partition coefficient (Wildman–Crippen LogP) is 3.11. The van der Waals surface area contributed by atoms with Crippen LogP contribution in [0.2, 0.25) is 0 Å². The topological polar surface area (TPSA) is 94.3 Å². The van der Waals surface area contributed by atoms with Gasteiger partial charge in [-0.15, -0.1) is 0 Å². The van der Waals surface area contributed by atoms with Crippen molar-refractivity contribution >= 4 is 34.7 Å². The summed E-state index contributed by atoms with van der Waals surface area (Å²) in [6.45, 7) is 3.18. The van der Waals surface area contributed by atoms with Gasteiger partial charge >= 0.3 is 5.97 Å². The number of carbonyl (C=O) groups excluding carboxylic acids is 2. The number of benzene rings is 1. The number of rotatable bonds is 5. The van der Waals surface area contributed by atoms with E-state index in [4.69, 9.17) is 9.26 Å². The van der Waals surface area contributed by atoms with Gasteiger partial charge in [-0.1, -0.05) is 29.4 Å². The molecule has 7 heteroatoms. The number of nitrogens with zero attached hydrogens (tertiary/aromatic N) is 2. The zero-order valence-corrected chi connectivity index (χ0v) is 14.3. The zero-order valence-electron chi connectivity index (χ0n) is 14.3. The van der Waals surface area contributed by atoms with Crippen LogP contribution in [0.4, 0.5) is 5.82 Å². The minimum absolute atomic E-state index is 0.270. The van der Waals surface area contributed by atoms with Crippen molar-refractivity contribution in [1.82, 2.24) is 10.1 Å². The number of ether oxygens (including phenoxy) is 1. The Balaban J connectivity index is 1.58. The van der Waals surface area contributed by atoms with Crippen LogP contribution >= 0.6 is 0 Å². The smallest absolute Gasteiger partial charge is 0.331 e. The molecule has 26 heavy (non-hydrogen) atoms. The van der Waals surface area contributed by atoms with Crippen molar-refractivity contribution in [2.75, 3.05) is 5.32 Å².